The van der Waals surface area contributed by atoms with Gasteiger partial charge in [-0.1, -0.05) is 50.1 Å². The topological polar surface area (TPSA) is 60.0 Å². The van der Waals surface area contributed by atoms with E-state index in [-0.39, 0.29) is 18.2 Å². The Morgan fingerprint density at radius 3 is 2.71 bits per heavy atom. The smallest absolute Gasteiger partial charge is 0.327 e. The van der Waals surface area contributed by atoms with Crippen LogP contribution in [0.15, 0.2) is 46.8 Å². The lowest BCUT2D eigenvalue weighted by Crippen LogP contribution is -2.53. The van der Waals surface area contributed by atoms with Gasteiger partial charge in [-0.05, 0) is 31.2 Å². The molecule has 28 heavy (non-hydrogen) atoms. The molecule has 1 saturated heterocycles. The summed E-state index contributed by atoms with van der Waals surface area (Å²) in [5, 5.41) is 7.27. The quantitative estimate of drug-likeness (QED) is 0.827. The van der Waals surface area contributed by atoms with Crippen LogP contribution >= 0.6 is 0 Å². The third-order valence-corrected chi connectivity index (χ3v) is 6.35. The van der Waals surface area contributed by atoms with Crippen molar-refractivity contribution >= 4 is 11.9 Å². The summed E-state index contributed by atoms with van der Waals surface area (Å²) in [6.07, 6.45) is 6.64. The first-order valence-corrected chi connectivity index (χ1v) is 10.7. The molecule has 148 valence electrons. The predicted octanol–water partition coefficient (Wildman–Crippen LogP) is 3.04. The van der Waals surface area contributed by atoms with Gasteiger partial charge in [-0.3, -0.25) is 9.80 Å². The predicted molar refractivity (Wildman–Crippen MR) is 110 cm³/mol. The molecule has 0 spiro atoms. The van der Waals surface area contributed by atoms with E-state index in [1.807, 2.05) is 15.9 Å². The van der Waals surface area contributed by atoms with E-state index in [1.165, 1.54) is 31.2 Å². The minimum absolute atomic E-state index is 0.0897. The van der Waals surface area contributed by atoms with Gasteiger partial charge < -0.3 is 10.6 Å². The summed E-state index contributed by atoms with van der Waals surface area (Å²) >= 11 is 0. The second-order valence-corrected chi connectivity index (χ2v) is 8.37. The number of carbonyl (C=O) groups is 1. The highest BCUT2D eigenvalue weighted by Gasteiger charge is 2.47. The Balaban J connectivity index is 1.43. The van der Waals surface area contributed by atoms with Gasteiger partial charge >= 0.3 is 6.03 Å². The summed E-state index contributed by atoms with van der Waals surface area (Å²) in [6.45, 7) is 3.57. The molecule has 5 rings (SSSR count). The fourth-order valence-electron chi connectivity index (χ4n) is 5.00. The highest BCUT2D eigenvalue weighted by atomic mass is 16.2. The zero-order valence-electron chi connectivity index (χ0n) is 16.5. The van der Waals surface area contributed by atoms with Crippen molar-refractivity contribution in [2.45, 2.75) is 57.7 Å². The molecule has 1 unspecified atom stereocenters. The largest absolute Gasteiger partial charge is 0.365 e. The van der Waals surface area contributed by atoms with Crippen molar-refractivity contribution in [3.05, 3.63) is 47.4 Å². The number of benzene rings is 1. The van der Waals surface area contributed by atoms with Gasteiger partial charge in [-0.15, -0.1) is 0 Å². The minimum Gasteiger partial charge on any atom is -0.365 e. The lowest BCUT2D eigenvalue weighted by Gasteiger charge is -2.36. The van der Waals surface area contributed by atoms with Crippen molar-refractivity contribution in [2.24, 2.45) is 10.9 Å². The standard InChI is InChI=1S/C22H29N5O/c1-2-12-26-21-18(24-19(25-21)16-10-6-7-11-16)20-23-17(14-27(20)22(26)28)13-15-8-4-3-5-9-15/h3-5,8-9,16-17,21,23H,2,6-7,10-14H2,1H3,(H,24,25)/t17-,21?/m1/s1. The third-order valence-electron chi connectivity index (χ3n) is 6.35. The van der Waals surface area contributed by atoms with Crippen LogP contribution in [-0.2, 0) is 6.42 Å². The van der Waals surface area contributed by atoms with E-state index in [1.54, 1.807) is 0 Å². The number of hydrogen-bond donors (Lipinski definition) is 2. The number of amidine groups is 1. The maximum absolute atomic E-state index is 13.2. The first-order chi connectivity index (χ1) is 13.7. The summed E-state index contributed by atoms with van der Waals surface area (Å²) in [6, 6.07) is 10.8. The third kappa shape index (κ3) is 2.95. The highest BCUT2D eigenvalue weighted by Crippen LogP contribution is 2.35. The van der Waals surface area contributed by atoms with Gasteiger partial charge in [0.05, 0.1) is 0 Å². The molecule has 3 heterocycles. The fraction of sp³-hybridized carbons (Fsp3) is 0.545. The molecule has 6 heteroatoms. The summed E-state index contributed by atoms with van der Waals surface area (Å²) < 4.78 is 0. The van der Waals surface area contributed by atoms with Crippen LogP contribution in [0.4, 0.5) is 4.79 Å². The minimum atomic E-state index is -0.183. The number of nitrogens with one attached hydrogen (secondary N) is 2. The van der Waals surface area contributed by atoms with E-state index < -0.39 is 0 Å². The number of fused-ring (bicyclic) bond motifs is 2. The van der Waals surface area contributed by atoms with Crippen molar-refractivity contribution < 1.29 is 4.79 Å². The molecule has 2 atom stereocenters. The molecular weight excluding hydrogens is 350 g/mol. The van der Waals surface area contributed by atoms with Crippen molar-refractivity contribution in [1.82, 2.24) is 20.4 Å². The summed E-state index contributed by atoms with van der Waals surface area (Å²) in [5.74, 6) is 2.56. The van der Waals surface area contributed by atoms with Gasteiger partial charge in [0.15, 0.2) is 6.17 Å². The van der Waals surface area contributed by atoms with E-state index in [4.69, 9.17) is 4.99 Å². The van der Waals surface area contributed by atoms with Crippen molar-refractivity contribution in [2.75, 3.05) is 13.1 Å². The molecule has 4 aliphatic rings. The fourth-order valence-corrected chi connectivity index (χ4v) is 5.00. The van der Waals surface area contributed by atoms with Crippen molar-refractivity contribution in [1.29, 1.82) is 0 Å². The molecular formula is C22H29N5O. The van der Waals surface area contributed by atoms with Crippen LogP contribution in [0.1, 0.15) is 44.6 Å². The number of aliphatic imine (C=N–C) groups is 1. The second-order valence-electron chi connectivity index (χ2n) is 8.37. The van der Waals surface area contributed by atoms with Crippen LogP contribution in [0.3, 0.4) is 0 Å². The first kappa shape index (κ1) is 17.6. The molecule has 6 nitrogen and oxygen atoms in total. The van der Waals surface area contributed by atoms with Crippen molar-refractivity contribution in [3.63, 3.8) is 0 Å². The number of rotatable bonds is 5. The molecule has 1 aromatic carbocycles. The zero-order chi connectivity index (χ0) is 19.1. The Bertz CT molecular complexity index is 811. The Morgan fingerprint density at radius 2 is 1.96 bits per heavy atom. The summed E-state index contributed by atoms with van der Waals surface area (Å²) in [5.41, 5.74) is 2.37. The monoisotopic (exact) mass is 379 g/mol. The van der Waals surface area contributed by atoms with Crippen LogP contribution in [0.5, 0.6) is 0 Å². The summed E-state index contributed by atoms with van der Waals surface area (Å²) in [7, 11) is 0. The summed E-state index contributed by atoms with van der Waals surface area (Å²) in [4.78, 5) is 22.1. The van der Waals surface area contributed by atoms with Gasteiger partial charge in [0.25, 0.3) is 0 Å². The highest BCUT2D eigenvalue weighted by molar-refractivity contribution is 5.91. The van der Waals surface area contributed by atoms with Gasteiger partial charge in [-0.25, -0.2) is 9.79 Å². The Labute approximate surface area is 166 Å². The molecule has 2 fully saturated rings. The van der Waals surface area contributed by atoms with Crippen LogP contribution in [0.25, 0.3) is 0 Å². The van der Waals surface area contributed by atoms with E-state index in [0.717, 1.165) is 36.7 Å². The molecule has 1 aliphatic carbocycles. The van der Waals surface area contributed by atoms with Crippen LogP contribution in [0.2, 0.25) is 0 Å². The number of nitrogens with zero attached hydrogens (tertiary/aromatic N) is 3. The molecule has 0 bridgehead atoms. The lowest BCUT2D eigenvalue weighted by molar-refractivity contribution is 0.146. The normalized spacial score (nSPS) is 26.9. The molecule has 3 aliphatic heterocycles. The Kier molecular flexibility index (Phi) is 4.49. The van der Waals surface area contributed by atoms with Gasteiger partial charge in [-0.2, -0.15) is 0 Å². The molecule has 0 radical (unpaired) electrons. The van der Waals surface area contributed by atoms with E-state index in [2.05, 4.69) is 41.8 Å². The van der Waals surface area contributed by atoms with Gasteiger partial charge in [0.2, 0.25) is 0 Å². The average molecular weight is 380 g/mol. The van der Waals surface area contributed by atoms with Crippen LogP contribution < -0.4 is 10.6 Å². The average Bonchev–Trinajstić information content (AvgIpc) is 3.44. The van der Waals surface area contributed by atoms with E-state index in [0.29, 0.717) is 12.5 Å². The van der Waals surface area contributed by atoms with E-state index in [9.17, 15) is 4.79 Å². The maximum atomic E-state index is 13.2. The molecule has 1 aromatic rings. The Morgan fingerprint density at radius 1 is 1.18 bits per heavy atom. The number of hydrogen-bond acceptors (Lipinski definition) is 4. The van der Waals surface area contributed by atoms with Crippen LogP contribution in [-0.4, -0.2) is 47.0 Å². The molecule has 0 aromatic heterocycles. The SMILES string of the molecule is CCCN1C(=O)N2C[C@@H](Cc3ccccc3)NC2=C2NC(C3CCCC3)=NC21. The Hall–Kier alpha value is -2.50. The number of carbonyl (C=O) groups excluding carboxylic acids is 1. The number of urea groups is 1. The second kappa shape index (κ2) is 7.15. The lowest BCUT2D eigenvalue weighted by atomic mass is 10.1. The molecule has 2 amide bonds. The number of amides is 2. The maximum Gasteiger partial charge on any atom is 0.327 e. The molecule has 1 saturated carbocycles. The van der Waals surface area contributed by atoms with Gasteiger partial charge in [0.1, 0.15) is 17.4 Å². The first-order valence-electron chi connectivity index (χ1n) is 10.7. The molecule has 2 N–H and O–H groups in total. The van der Waals surface area contributed by atoms with Crippen LogP contribution in [0, 0.1) is 5.92 Å². The van der Waals surface area contributed by atoms with E-state index >= 15 is 0 Å². The van der Waals surface area contributed by atoms with Crippen molar-refractivity contribution in [3.8, 4) is 0 Å². The zero-order valence-corrected chi connectivity index (χ0v) is 16.5. The van der Waals surface area contributed by atoms with Gasteiger partial charge in [0, 0.05) is 25.0 Å².